The van der Waals surface area contributed by atoms with Gasteiger partial charge in [-0.15, -0.1) is 0 Å². The highest BCUT2D eigenvalue weighted by Gasteiger charge is 2.31. The number of nitrogens with zero attached hydrogens (tertiary/aromatic N) is 4. The second-order valence-corrected chi connectivity index (χ2v) is 7.94. The molecule has 6 nitrogen and oxygen atoms in total. The molecule has 166 valence electrons. The fourth-order valence-electron chi connectivity index (χ4n) is 4.23. The van der Waals surface area contributed by atoms with Crippen molar-refractivity contribution >= 4 is 29.9 Å². The first-order valence-electron chi connectivity index (χ1n) is 11.3. The lowest BCUT2D eigenvalue weighted by Gasteiger charge is -2.37. The van der Waals surface area contributed by atoms with Crippen LogP contribution in [0.2, 0.25) is 0 Å². The Balaban J connectivity index is 1.55. The summed E-state index contributed by atoms with van der Waals surface area (Å²) in [7, 11) is 0. The average Bonchev–Trinajstić information content (AvgIpc) is 3.26. The first-order valence-corrected chi connectivity index (χ1v) is 11.3. The van der Waals surface area contributed by atoms with E-state index >= 15 is 0 Å². The lowest BCUT2D eigenvalue weighted by molar-refractivity contribution is 0.0857. The van der Waals surface area contributed by atoms with Crippen LogP contribution in [0.3, 0.4) is 0 Å². The molecule has 1 unspecified atom stereocenters. The second-order valence-electron chi connectivity index (χ2n) is 7.94. The van der Waals surface area contributed by atoms with E-state index in [1.807, 2.05) is 73.8 Å². The zero-order valence-electron chi connectivity index (χ0n) is 18.6. The molecule has 4 rings (SSSR count). The maximum absolute atomic E-state index is 12.1. The van der Waals surface area contributed by atoms with Crippen LogP contribution < -0.4 is 0 Å². The van der Waals surface area contributed by atoms with Gasteiger partial charge in [0.1, 0.15) is 0 Å². The molecule has 2 aromatic carbocycles. The van der Waals surface area contributed by atoms with Gasteiger partial charge in [-0.25, -0.2) is 4.79 Å². The van der Waals surface area contributed by atoms with E-state index in [2.05, 4.69) is 11.1 Å². The monoisotopic (exact) mass is 430 g/mol. The molecule has 2 aromatic rings. The molecule has 0 N–H and O–H groups in total. The largest absolute Gasteiger partial charge is 0.450 e. The minimum atomic E-state index is -0.222. The summed E-state index contributed by atoms with van der Waals surface area (Å²) < 4.78 is 5.17. The van der Waals surface area contributed by atoms with Gasteiger partial charge in [0.2, 0.25) is 0 Å². The van der Waals surface area contributed by atoms with Crippen LogP contribution in [0.4, 0.5) is 16.2 Å². The molecule has 1 aliphatic carbocycles. The zero-order chi connectivity index (χ0) is 22.2. The predicted octanol–water partition coefficient (Wildman–Crippen LogP) is 5.23. The molecular weight excluding hydrogens is 400 g/mol. The molecule has 32 heavy (non-hydrogen) atoms. The summed E-state index contributed by atoms with van der Waals surface area (Å²) >= 11 is 0. The van der Waals surface area contributed by atoms with Crippen LogP contribution in [0.15, 0.2) is 81.9 Å². The predicted molar refractivity (Wildman–Crippen MR) is 129 cm³/mol. The van der Waals surface area contributed by atoms with E-state index in [4.69, 9.17) is 14.7 Å². The first kappa shape index (κ1) is 21.8. The van der Waals surface area contributed by atoms with Crippen molar-refractivity contribution in [1.29, 1.82) is 0 Å². The molecule has 1 heterocycles. The Hall–Kier alpha value is -3.41. The highest BCUT2D eigenvalue weighted by Crippen LogP contribution is 2.34. The molecule has 0 aromatic heterocycles. The van der Waals surface area contributed by atoms with Crippen LogP contribution in [0.5, 0.6) is 0 Å². The third-order valence-corrected chi connectivity index (χ3v) is 5.84. The summed E-state index contributed by atoms with van der Waals surface area (Å²) in [6, 6.07) is 20.1. The van der Waals surface area contributed by atoms with Gasteiger partial charge in [-0.2, -0.15) is 0 Å². The number of benzene rings is 2. The maximum atomic E-state index is 12.1. The van der Waals surface area contributed by atoms with E-state index in [-0.39, 0.29) is 12.0 Å². The van der Waals surface area contributed by atoms with Gasteiger partial charge in [0.25, 0.3) is 0 Å². The van der Waals surface area contributed by atoms with Crippen molar-refractivity contribution in [2.75, 3.05) is 32.8 Å². The summed E-state index contributed by atoms with van der Waals surface area (Å²) in [6.45, 7) is 5.13. The van der Waals surface area contributed by atoms with Crippen LogP contribution in [0, 0.1) is 5.92 Å². The Labute approximate surface area is 189 Å². The molecule has 0 bridgehead atoms. The van der Waals surface area contributed by atoms with Gasteiger partial charge >= 0.3 is 6.09 Å². The van der Waals surface area contributed by atoms with Crippen LogP contribution in [-0.4, -0.2) is 61.1 Å². The average molecular weight is 431 g/mol. The molecule has 6 heteroatoms. The van der Waals surface area contributed by atoms with Crippen LogP contribution >= 0.6 is 0 Å². The number of hydrogen-bond acceptors (Lipinski definition) is 5. The number of ether oxygens (including phenoxy) is 1. The summed E-state index contributed by atoms with van der Waals surface area (Å²) in [5.74, 6) is 0.238. The minimum Gasteiger partial charge on any atom is -0.450 e. The van der Waals surface area contributed by atoms with Crippen LogP contribution in [0.1, 0.15) is 19.8 Å². The smallest absolute Gasteiger partial charge is 0.409 e. The summed E-state index contributed by atoms with van der Waals surface area (Å²) in [6.07, 6.45) is 5.85. The van der Waals surface area contributed by atoms with E-state index in [1.165, 1.54) is 11.3 Å². The summed E-state index contributed by atoms with van der Waals surface area (Å²) in [4.78, 5) is 25.7. The van der Waals surface area contributed by atoms with Crippen molar-refractivity contribution in [3.8, 4) is 0 Å². The molecular formula is C26H30N4O2. The van der Waals surface area contributed by atoms with Gasteiger partial charge in [0, 0.05) is 50.2 Å². The number of piperazine rings is 1. The number of rotatable bonds is 6. The van der Waals surface area contributed by atoms with Gasteiger partial charge in [0.05, 0.1) is 18.0 Å². The quantitative estimate of drug-likeness (QED) is 0.590. The molecule has 1 saturated heterocycles. The van der Waals surface area contributed by atoms with E-state index in [0.717, 1.165) is 37.3 Å². The highest BCUT2D eigenvalue weighted by atomic mass is 16.6. The van der Waals surface area contributed by atoms with Crippen molar-refractivity contribution in [3.63, 3.8) is 0 Å². The highest BCUT2D eigenvalue weighted by molar-refractivity contribution is 5.85. The van der Waals surface area contributed by atoms with E-state index in [1.54, 1.807) is 4.90 Å². The van der Waals surface area contributed by atoms with Crippen molar-refractivity contribution in [2.24, 2.45) is 15.9 Å². The fraction of sp³-hybridized carbons (Fsp3) is 0.346. The van der Waals surface area contributed by atoms with Crippen molar-refractivity contribution in [2.45, 2.75) is 19.8 Å². The number of allylic oxidation sites excluding steroid dienone is 2. The number of hydrogen-bond donors (Lipinski definition) is 0. The molecule has 0 radical (unpaired) electrons. The van der Waals surface area contributed by atoms with Crippen LogP contribution in [0.25, 0.3) is 0 Å². The van der Waals surface area contributed by atoms with E-state index < -0.39 is 0 Å². The topological polar surface area (TPSA) is 57.5 Å². The minimum absolute atomic E-state index is 0.222. The van der Waals surface area contributed by atoms with Gasteiger partial charge in [-0.3, -0.25) is 9.98 Å². The first-order chi connectivity index (χ1) is 15.7. The standard InChI is InChI=1S/C26H30N4O2/c1-2-32-26(31)30-17-15-29(16-18-30)25-21(19-27-23-9-5-3-6-10-23)13-14-22(25)20-28-24-11-7-4-8-12-24/h3-12,19-21H,2,13-18H2,1H3. The summed E-state index contributed by atoms with van der Waals surface area (Å²) in [5, 5.41) is 0. The number of carbonyl (C=O) groups is 1. The normalized spacial score (nSPS) is 19.3. The SMILES string of the molecule is CCOC(=O)N1CCN(C2=C(C=Nc3ccccc3)CCC2C=Nc2ccccc2)CC1. The Morgan fingerprint density at radius 3 is 2.22 bits per heavy atom. The van der Waals surface area contributed by atoms with E-state index in [9.17, 15) is 4.79 Å². The lowest BCUT2D eigenvalue weighted by Crippen LogP contribution is -2.49. The Morgan fingerprint density at radius 1 is 0.969 bits per heavy atom. The number of carbonyl (C=O) groups excluding carboxylic acids is 1. The second kappa shape index (κ2) is 10.8. The number of para-hydroxylation sites is 2. The molecule has 1 amide bonds. The van der Waals surface area contributed by atoms with Gasteiger partial charge in [-0.05, 0) is 49.6 Å². The third-order valence-electron chi connectivity index (χ3n) is 5.84. The van der Waals surface area contributed by atoms with Gasteiger partial charge in [-0.1, -0.05) is 36.4 Å². The zero-order valence-corrected chi connectivity index (χ0v) is 18.6. The summed E-state index contributed by atoms with van der Waals surface area (Å²) in [5.41, 5.74) is 4.45. The molecule has 1 atom stereocenters. The molecule has 2 aliphatic rings. The molecule has 1 fully saturated rings. The third kappa shape index (κ3) is 5.44. The van der Waals surface area contributed by atoms with Gasteiger partial charge in [0.15, 0.2) is 0 Å². The molecule has 0 spiro atoms. The van der Waals surface area contributed by atoms with Crippen molar-refractivity contribution < 1.29 is 9.53 Å². The van der Waals surface area contributed by atoms with Crippen molar-refractivity contribution in [1.82, 2.24) is 9.80 Å². The van der Waals surface area contributed by atoms with E-state index in [0.29, 0.717) is 19.7 Å². The number of aliphatic imine (C=N–C) groups is 2. The number of amides is 1. The Morgan fingerprint density at radius 2 is 1.59 bits per heavy atom. The van der Waals surface area contributed by atoms with Crippen molar-refractivity contribution in [3.05, 3.63) is 71.9 Å². The molecule has 1 aliphatic heterocycles. The Kier molecular flexibility index (Phi) is 7.33. The lowest BCUT2D eigenvalue weighted by atomic mass is 10.1. The fourth-order valence-corrected chi connectivity index (χ4v) is 4.23. The molecule has 0 saturated carbocycles. The Bertz CT molecular complexity index is 977. The van der Waals surface area contributed by atoms with Gasteiger partial charge < -0.3 is 14.5 Å². The maximum Gasteiger partial charge on any atom is 0.409 e. The van der Waals surface area contributed by atoms with Crippen LogP contribution in [-0.2, 0) is 4.74 Å².